The lowest BCUT2D eigenvalue weighted by molar-refractivity contribution is 0.0956. The molecule has 1 aliphatic rings. The summed E-state index contributed by atoms with van der Waals surface area (Å²) in [7, 11) is -3.21. The van der Waals surface area contributed by atoms with Crippen molar-refractivity contribution in [3.05, 3.63) is 29.8 Å². The van der Waals surface area contributed by atoms with Crippen LogP contribution in [0.2, 0.25) is 0 Å². The number of nitrogens with zero attached hydrogens (tertiary/aromatic N) is 1. The number of thioether (sulfide) groups is 1. The maximum Gasteiger partial charge on any atom is 0.251 e. The van der Waals surface area contributed by atoms with Crippen molar-refractivity contribution in [1.82, 2.24) is 5.32 Å². The summed E-state index contributed by atoms with van der Waals surface area (Å²) in [6.45, 7) is 7.56. The Balaban J connectivity index is 1.93. The van der Waals surface area contributed by atoms with Crippen molar-refractivity contribution < 1.29 is 13.2 Å². The summed E-state index contributed by atoms with van der Waals surface area (Å²) in [5, 5.41) is 2.90. The lowest BCUT2D eigenvalue weighted by Gasteiger charge is -2.28. The molecule has 0 aromatic heterocycles. The highest BCUT2D eigenvalue weighted by atomic mass is 32.2. The first-order valence-corrected chi connectivity index (χ1v) is 10.8. The number of anilines is 1. The molecule has 5 nitrogen and oxygen atoms in total. The van der Waals surface area contributed by atoms with Crippen LogP contribution in [-0.2, 0) is 10.0 Å². The number of rotatable bonds is 5. The maximum atomic E-state index is 12.1. The molecule has 1 N–H and O–H groups in total. The topological polar surface area (TPSA) is 66.5 Å². The summed E-state index contributed by atoms with van der Waals surface area (Å²) in [5.74, 6) is 0.928. The van der Waals surface area contributed by atoms with Crippen LogP contribution >= 0.6 is 11.8 Å². The average molecular weight is 371 g/mol. The minimum Gasteiger partial charge on any atom is -0.351 e. The summed E-state index contributed by atoms with van der Waals surface area (Å²) in [6.07, 6.45) is 1.58. The molecule has 0 radical (unpaired) electrons. The number of nitrogens with one attached hydrogen (secondary N) is 1. The van der Waals surface area contributed by atoms with E-state index in [1.165, 1.54) is 4.31 Å². The molecule has 0 bridgehead atoms. The molecule has 1 heterocycles. The fourth-order valence-corrected chi connectivity index (χ4v) is 4.94. The molecule has 0 aliphatic carbocycles. The zero-order chi connectivity index (χ0) is 17.8. The molecular weight excluding hydrogens is 344 g/mol. The van der Waals surface area contributed by atoms with E-state index in [9.17, 15) is 13.2 Å². The van der Waals surface area contributed by atoms with Gasteiger partial charge in [-0.25, -0.2) is 8.42 Å². The Morgan fingerprint density at radius 2 is 1.88 bits per heavy atom. The number of carbonyl (C=O) groups is 1. The number of sulfonamides is 1. The Morgan fingerprint density at radius 3 is 2.46 bits per heavy atom. The van der Waals surface area contributed by atoms with E-state index in [4.69, 9.17) is 0 Å². The fraction of sp³-hybridized carbons (Fsp3) is 0.588. The van der Waals surface area contributed by atoms with E-state index in [-0.39, 0.29) is 16.4 Å². The minimum absolute atomic E-state index is 0.127. The van der Waals surface area contributed by atoms with E-state index < -0.39 is 10.0 Å². The van der Waals surface area contributed by atoms with Crippen LogP contribution in [0, 0.1) is 0 Å². The predicted octanol–water partition coefficient (Wildman–Crippen LogP) is 2.88. The molecule has 7 heteroatoms. The van der Waals surface area contributed by atoms with Crippen LogP contribution in [0.15, 0.2) is 24.3 Å². The number of hydrogen-bond donors (Lipinski definition) is 1. The zero-order valence-electron chi connectivity index (χ0n) is 14.5. The molecule has 0 saturated carbocycles. The highest BCUT2D eigenvalue weighted by Gasteiger charge is 2.25. The van der Waals surface area contributed by atoms with Crippen LogP contribution < -0.4 is 9.62 Å². The first-order chi connectivity index (χ1) is 11.2. The van der Waals surface area contributed by atoms with Crippen LogP contribution in [0.3, 0.4) is 0 Å². The van der Waals surface area contributed by atoms with Gasteiger partial charge in [-0.3, -0.25) is 9.10 Å². The lowest BCUT2D eigenvalue weighted by Crippen LogP contribution is -2.37. The van der Waals surface area contributed by atoms with E-state index in [0.29, 0.717) is 30.8 Å². The van der Waals surface area contributed by atoms with Crippen LogP contribution in [0.25, 0.3) is 0 Å². The highest BCUT2D eigenvalue weighted by molar-refractivity contribution is 8.00. The summed E-state index contributed by atoms with van der Waals surface area (Å²) < 4.78 is 25.8. The molecule has 1 fully saturated rings. The third-order valence-corrected chi connectivity index (χ3v) is 6.83. The number of benzene rings is 1. The smallest absolute Gasteiger partial charge is 0.251 e. The molecule has 1 aliphatic heterocycles. The Hall–Kier alpha value is -1.21. The predicted molar refractivity (Wildman–Crippen MR) is 101 cm³/mol. The van der Waals surface area contributed by atoms with E-state index in [2.05, 4.69) is 26.1 Å². The third-order valence-electron chi connectivity index (χ3n) is 3.69. The number of amides is 1. The lowest BCUT2D eigenvalue weighted by atomic mass is 10.2. The molecule has 1 aromatic rings. The van der Waals surface area contributed by atoms with Gasteiger partial charge in [0.1, 0.15) is 0 Å². The molecule has 0 spiro atoms. The van der Waals surface area contributed by atoms with Gasteiger partial charge in [-0.05, 0) is 37.1 Å². The minimum atomic E-state index is -3.21. The quantitative estimate of drug-likeness (QED) is 0.810. The van der Waals surface area contributed by atoms with Crippen molar-refractivity contribution in [2.45, 2.75) is 38.4 Å². The summed E-state index contributed by atoms with van der Waals surface area (Å²) in [5.41, 5.74) is 1.18. The largest absolute Gasteiger partial charge is 0.351 e. The van der Waals surface area contributed by atoms with Crippen molar-refractivity contribution in [1.29, 1.82) is 0 Å². The van der Waals surface area contributed by atoms with Gasteiger partial charge >= 0.3 is 0 Å². The summed E-state index contributed by atoms with van der Waals surface area (Å²) in [6, 6.07) is 6.79. The van der Waals surface area contributed by atoms with E-state index >= 15 is 0 Å². The molecular formula is C17H26N2O3S2. The van der Waals surface area contributed by atoms with Crippen molar-refractivity contribution in [3.63, 3.8) is 0 Å². The highest BCUT2D eigenvalue weighted by Crippen LogP contribution is 2.24. The maximum absolute atomic E-state index is 12.1. The van der Waals surface area contributed by atoms with E-state index in [1.807, 2.05) is 0 Å². The van der Waals surface area contributed by atoms with Crippen molar-refractivity contribution in [2.75, 3.05) is 28.9 Å². The van der Waals surface area contributed by atoms with Crippen LogP contribution in [0.1, 0.15) is 44.0 Å². The standard InChI is InChI=1S/C17H26N2O3S2/c1-17(2,3)23-12-10-18-16(20)14-6-8-15(9-7-14)19-11-4-5-13-24(19,21)22/h6-9H,4-5,10-13H2,1-3H3,(H,18,20). The molecule has 24 heavy (non-hydrogen) atoms. The second-order valence-corrected chi connectivity index (χ2v) is 10.8. The molecule has 134 valence electrons. The second kappa shape index (κ2) is 7.78. The average Bonchev–Trinajstić information content (AvgIpc) is 2.50. The molecule has 1 aromatic carbocycles. The second-order valence-electron chi connectivity index (χ2n) is 6.86. The fourth-order valence-electron chi connectivity index (χ4n) is 2.48. The Morgan fingerprint density at radius 1 is 1.21 bits per heavy atom. The normalized spacial score (nSPS) is 17.5. The summed E-state index contributed by atoms with van der Waals surface area (Å²) in [4.78, 5) is 12.1. The van der Waals surface area contributed by atoms with Gasteiger partial charge in [0.2, 0.25) is 10.0 Å². The number of carbonyl (C=O) groups excluding carboxylic acids is 1. The van der Waals surface area contributed by atoms with Crippen LogP contribution in [0.5, 0.6) is 0 Å². The third kappa shape index (κ3) is 5.41. The van der Waals surface area contributed by atoms with Crippen LogP contribution in [-0.4, -0.2) is 43.7 Å². The first-order valence-electron chi connectivity index (χ1n) is 8.22. The monoisotopic (exact) mass is 370 g/mol. The Bertz CT molecular complexity index is 664. The summed E-state index contributed by atoms with van der Waals surface area (Å²) >= 11 is 1.80. The Labute approximate surface area is 149 Å². The van der Waals surface area contributed by atoms with E-state index in [0.717, 1.165) is 12.2 Å². The van der Waals surface area contributed by atoms with Gasteiger partial charge in [-0.15, -0.1) is 0 Å². The van der Waals surface area contributed by atoms with Gasteiger partial charge in [-0.1, -0.05) is 20.8 Å². The van der Waals surface area contributed by atoms with Gasteiger partial charge in [0.05, 0.1) is 11.4 Å². The molecule has 1 amide bonds. The van der Waals surface area contributed by atoms with Gasteiger partial charge in [0, 0.05) is 29.2 Å². The molecule has 1 saturated heterocycles. The van der Waals surface area contributed by atoms with Crippen molar-refractivity contribution in [3.8, 4) is 0 Å². The molecule has 0 unspecified atom stereocenters. The van der Waals surface area contributed by atoms with Gasteiger partial charge < -0.3 is 5.32 Å². The molecule has 0 atom stereocenters. The first kappa shape index (κ1) is 19.1. The van der Waals surface area contributed by atoms with E-state index in [1.54, 1.807) is 36.0 Å². The zero-order valence-corrected chi connectivity index (χ0v) is 16.2. The van der Waals surface area contributed by atoms with Crippen molar-refractivity contribution in [2.24, 2.45) is 0 Å². The Kier molecular flexibility index (Phi) is 6.20. The number of hydrogen-bond acceptors (Lipinski definition) is 4. The van der Waals surface area contributed by atoms with Crippen molar-refractivity contribution >= 4 is 33.4 Å². The van der Waals surface area contributed by atoms with Gasteiger partial charge in [-0.2, -0.15) is 11.8 Å². The SMILES string of the molecule is CC(C)(C)SCCNC(=O)c1ccc(N2CCCCS2(=O)=O)cc1. The van der Waals surface area contributed by atoms with Gasteiger partial charge in [0.15, 0.2) is 0 Å². The van der Waals surface area contributed by atoms with Gasteiger partial charge in [0.25, 0.3) is 5.91 Å². The van der Waals surface area contributed by atoms with Crippen LogP contribution in [0.4, 0.5) is 5.69 Å². The molecule has 2 rings (SSSR count).